The average Bonchev–Trinajstić information content (AvgIpc) is 3.04. The highest BCUT2D eigenvalue weighted by Crippen LogP contribution is 2.58. The van der Waals surface area contributed by atoms with E-state index >= 15 is 0 Å². The highest BCUT2D eigenvalue weighted by molar-refractivity contribution is 5.79. The number of allylic oxidation sites excluding steroid dienone is 4. The third-order valence-electron chi connectivity index (χ3n) is 3.45. The van der Waals surface area contributed by atoms with Gasteiger partial charge >= 0.3 is 0 Å². The van der Waals surface area contributed by atoms with E-state index in [4.69, 9.17) is 0 Å². The molecule has 15 heavy (non-hydrogen) atoms. The van der Waals surface area contributed by atoms with Gasteiger partial charge in [-0.3, -0.25) is 4.79 Å². The molecule has 2 atom stereocenters. The van der Waals surface area contributed by atoms with Crippen LogP contribution in [0.3, 0.4) is 0 Å². The van der Waals surface area contributed by atoms with E-state index in [1.165, 1.54) is 5.56 Å². The molecule has 3 rings (SSSR count). The van der Waals surface area contributed by atoms with Crippen molar-refractivity contribution in [1.29, 1.82) is 0 Å². The molecule has 2 aliphatic rings. The smallest absolute Gasteiger partial charge is 0.149 e. The molecule has 1 heteroatoms. The zero-order valence-electron chi connectivity index (χ0n) is 8.39. The number of aldehydes is 1. The maximum atomic E-state index is 10.8. The summed E-state index contributed by atoms with van der Waals surface area (Å²) in [5.74, 6) is 0.601. The SMILES string of the molecule is O=CC1=CC2(c3ccccc3)CC2C=C1. The first-order chi connectivity index (χ1) is 7.35. The molecule has 0 aromatic heterocycles. The van der Waals surface area contributed by atoms with E-state index in [1.807, 2.05) is 12.1 Å². The van der Waals surface area contributed by atoms with Crippen LogP contribution < -0.4 is 0 Å². The second-order valence-corrected chi connectivity index (χ2v) is 4.34. The minimum atomic E-state index is 0.131. The molecule has 0 saturated heterocycles. The van der Waals surface area contributed by atoms with E-state index < -0.39 is 0 Å². The van der Waals surface area contributed by atoms with Crippen molar-refractivity contribution in [2.24, 2.45) is 5.92 Å². The van der Waals surface area contributed by atoms with Gasteiger partial charge in [0.05, 0.1) is 0 Å². The quantitative estimate of drug-likeness (QED) is 0.664. The zero-order valence-corrected chi connectivity index (χ0v) is 8.39. The summed E-state index contributed by atoms with van der Waals surface area (Å²) in [4.78, 5) is 10.8. The first-order valence-electron chi connectivity index (χ1n) is 5.27. The van der Waals surface area contributed by atoms with Crippen molar-refractivity contribution >= 4 is 6.29 Å². The number of fused-ring (bicyclic) bond motifs is 1. The van der Waals surface area contributed by atoms with Crippen molar-refractivity contribution < 1.29 is 4.79 Å². The Labute approximate surface area is 89.1 Å². The number of hydrogen-bond acceptors (Lipinski definition) is 1. The number of benzene rings is 1. The third-order valence-corrected chi connectivity index (χ3v) is 3.45. The van der Waals surface area contributed by atoms with Gasteiger partial charge in [0, 0.05) is 11.0 Å². The lowest BCUT2D eigenvalue weighted by atomic mass is 9.88. The van der Waals surface area contributed by atoms with Crippen LogP contribution in [-0.4, -0.2) is 6.29 Å². The summed E-state index contributed by atoms with van der Waals surface area (Å²) < 4.78 is 0. The Kier molecular flexibility index (Phi) is 1.69. The van der Waals surface area contributed by atoms with Gasteiger partial charge in [-0.05, 0) is 17.9 Å². The van der Waals surface area contributed by atoms with Crippen LogP contribution in [0.4, 0.5) is 0 Å². The average molecular weight is 196 g/mol. The van der Waals surface area contributed by atoms with Crippen LogP contribution in [0.2, 0.25) is 0 Å². The van der Waals surface area contributed by atoms with Gasteiger partial charge in [0.15, 0.2) is 0 Å². The van der Waals surface area contributed by atoms with Crippen LogP contribution in [0.25, 0.3) is 0 Å². The predicted octanol–water partition coefficient (Wildman–Crippen LogP) is 2.64. The Hall–Kier alpha value is -1.63. The molecule has 0 N–H and O–H groups in total. The molecule has 1 saturated carbocycles. The van der Waals surface area contributed by atoms with Crippen LogP contribution in [0.15, 0.2) is 54.1 Å². The van der Waals surface area contributed by atoms with E-state index in [1.54, 1.807) is 0 Å². The van der Waals surface area contributed by atoms with Crippen LogP contribution in [0.1, 0.15) is 12.0 Å². The highest BCUT2D eigenvalue weighted by atomic mass is 16.1. The first-order valence-corrected chi connectivity index (χ1v) is 5.27. The van der Waals surface area contributed by atoms with E-state index in [2.05, 4.69) is 36.4 Å². The molecule has 1 fully saturated rings. The van der Waals surface area contributed by atoms with Crippen LogP contribution in [0.5, 0.6) is 0 Å². The normalized spacial score (nSPS) is 31.7. The van der Waals surface area contributed by atoms with E-state index in [-0.39, 0.29) is 5.41 Å². The molecule has 1 aromatic rings. The molecule has 0 bridgehead atoms. The standard InChI is InChI=1S/C14H12O/c15-10-11-6-7-13-9-14(13,8-11)12-4-2-1-3-5-12/h1-8,10,13H,9H2. The topological polar surface area (TPSA) is 17.1 Å². The number of carbonyl (C=O) groups is 1. The Bertz CT molecular complexity index is 455. The second-order valence-electron chi connectivity index (χ2n) is 4.34. The van der Waals surface area contributed by atoms with Crippen molar-refractivity contribution in [2.75, 3.05) is 0 Å². The fraction of sp³-hybridized carbons (Fsp3) is 0.214. The van der Waals surface area contributed by atoms with Gasteiger partial charge in [-0.15, -0.1) is 0 Å². The van der Waals surface area contributed by atoms with Gasteiger partial charge in [-0.25, -0.2) is 0 Å². The summed E-state index contributed by atoms with van der Waals surface area (Å²) in [5, 5.41) is 0. The van der Waals surface area contributed by atoms with Gasteiger partial charge < -0.3 is 0 Å². The van der Waals surface area contributed by atoms with Crippen molar-refractivity contribution in [1.82, 2.24) is 0 Å². The summed E-state index contributed by atoms with van der Waals surface area (Å²) in [6.07, 6.45) is 8.31. The fourth-order valence-electron chi connectivity index (χ4n) is 2.52. The molecule has 1 aromatic carbocycles. The van der Waals surface area contributed by atoms with Crippen molar-refractivity contribution in [3.05, 3.63) is 59.7 Å². The summed E-state index contributed by atoms with van der Waals surface area (Å²) in [6, 6.07) is 10.5. The lowest BCUT2D eigenvalue weighted by Crippen LogP contribution is -2.09. The molecule has 1 nitrogen and oxygen atoms in total. The van der Waals surface area contributed by atoms with Crippen molar-refractivity contribution in [3.63, 3.8) is 0 Å². The van der Waals surface area contributed by atoms with Gasteiger partial charge in [0.2, 0.25) is 0 Å². The molecule has 2 aliphatic carbocycles. The largest absolute Gasteiger partial charge is 0.298 e. The van der Waals surface area contributed by atoms with Crippen LogP contribution >= 0.6 is 0 Å². The summed E-state index contributed by atoms with van der Waals surface area (Å²) in [5.41, 5.74) is 2.28. The molecule has 0 radical (unpaired) electrons. The van der Waals surface area contributed by atoms with Crippen LogP contribution in [-0.2, 0) is 10.2 Å². The number of rotatable bonds is 2. The Balaban J connectivity index is 2.05. The zero-order chi connectivity index (χ0) is 10.3. The minimum Gasteiger partial charge on any atom is -0.298 e. The fourth-order valence-corrected chi connectivity index (χ4v) is 2.52. The van der Waals surface area contributed by atoms with Crippen LogP contribution in [0, 0.1) is 5.92 Å². The Morgan fingerprint density at radius 2 is 2.07 bits per heavy atom. The minimum absolute atomic E-state index is 0.131. The Morgan fingerprint density at radius 3 is 2.80 bits per heavy atom. The second kappa shape index (κ2) is 2.93. The third kappa shape index (κ3) is 1.19. The predicted molar refractivity (Wildman–Crippen MR) is 59.5 cm³/mol. The molecule has 0 aliphatic heterocycles. The lowest BCUT2D eigenvalue weighted by molar-refractivity contribution is -0.104. The van der Waals surface area contributed by atoms with Crippen molar-refractivity contribution in [3.8, 4) is 0 Å². The molecule has 0 heterocycles. The van der Waals surface area contributed by atoms with Crippen molar-refractivity contribution in [2.45, 2.75) is 11.8 Å². The first kappa shape index (κ1) is 8.66. The van der Waals surface area contributed by atoms with E-state index in [0.717, 1.165) is 18.3 Å². The molecule has 0 amide bonds. The summed E-state index contributed by atoms with van der Waals surface area (Å²) in [6.45, 7) is 0. The molecule has 2 unspecified atom stereocenters. The van der Waals surface area contributed by atoms with E-state index in [0.29, 0.717) is 5.92 Å². The number of hydrogen-bond donors (Lipinski definition) is 0. The van der Waals surface area contributed by atoms with Gasteiger partial charge in [0.25, 0.3) is 0 Å². The summed E-state index contributed by atoms with van der Waals surface area (Å²) >= 11 is 0. The summed E-state index contributed by atoms with van der Waals surface area (Å²) in [7, 11) is 0. The monoisotopic (exact) mass is 196 g/mol. The molecule has 74 valence electrons. The molecular formula is C14H12O. The van der Waals surface area contributed by atoms with Gasteiger partial charge in [-0.1, -0.05) is 48.6 Å². The maximum Gasteiger partial charge on any atom is 0.149 e. The molecular weight excluding hydrogens is 184 g/mol. The highest BCUT2D eigenvalue weighted by Gasteiger charge is 2.53. The number of carbonyl (C=O) groups excluding carboxylic acids is 1. The Morgan fingerprint density at radius 1 is 1.27 bits per heavy atom. The van der Waals surface area contributed by atoms with Gasteiger partial charge in [0.1, 0.15) is 6.29 Å². The molecule has 0 spiro atoms. The lowest BCUT2D eigenvalue weighted by Gasteiger charge is -2.15. The van der Waals surface area contributed by atoms with Gasteiger partial charge in [-0.2, -0.15) is 0 Å². The van der Waals surface area contributed by atoms with E-state index in [9.17, 15) is 4.79 Å². The maximum absolute atomic E-state index is 10.8.